The summed E-state index contributed by atoms with van der Waals surface area (Å²) >= 11 is 0. The third-order valence-corrected chi connectivity index (χ3v) is 2.94. The van der Waals surface area contributed by atoms with Crippen LogP contribution in [0.5, 0.6) is 0 Å². The van der Waals surface area contributed by atoms with Crippen LogP contribution in [0.2, 0.25) is 0 Å². The largest absolute Gasteiger partial charge is 0.371 e. The van der Waals surface area contributed by atoms with Crippen LogP contribution in [-0.2, 0) is 4.74 Å². The van der Waals surface area contributed by atoms with Crippen LogP contribution in [0.1, 0.15) is 34.6 Å². The van der Waals surface area contributed by atoms with E-state index < -0.39 is 0 Å². The van der Waals surface area contributed by atoms with Crippen molar-refractivity contribution in [1.29, 1.82) is 0 Å². The summed E-state index contributed by atoms with van der Waals surface area (Å²) in [5.41, 5.74) is 1.66. The molecule has 1 heteroatoms. The number of hydrogen-bond donors (Lipinski definition) is 0. The van der Waals surface area contributed by atoms with Gasteiger partial charge in [-0.25, -0.2) is 0 Å². The highest BCUT2D eigenvalue weighted by atomic mass is 16.5. The molecule has 1 aliphatic heterocycles. The molecule has 0 radical (unpaired) electrons. The molecule has 1 aliphatic rings. The van der Waals surface area contributed by atoms with Crippen LogP contribution in [0.3, 0.4) is 0 Å². The molecule has 2 unspecified atom stereocenters. The summed E-state index contributed by atoms with van der Waals surface area (Å²) < 4.78 is 5.70. The molecule has 1 rings (SSSR count). The zero-order valence-electron chi connectivity index (χ0n) is 8.14. The Kier molecular flexibility index (Phi) is 2.10. The highest BCUT2D eigenvalue weighted by Gasteiger charge is 2.32. The van der Waals surface area contributed by atoms with E-state index in [0.29, 0.717) is 6.10 Å². The first-order valence-electron chi connectivity index (χ1n) is 4.29. The van der Waals surface area contributed by atoms with Gasteiger partial charge in [0.15, 0.2) is 0 Å². The van der Waals surface area contributed by atoms with Gasteiger partial charge in [-0.3, -0.25) is 0 Å². The fraction of sp³-hybridized carbons (Fsp3) is 0.800. The van der Waals surface area contributed by atoms with E-state index in [9.17, 15) is 0 Å². The van der Waals surface area contributed by atoms with Crippen LogP contribution in [0.4, 0.5) is 0 Å². The molecule has 0 saturated heterocycles. The molecule has 0 aliphatic carbocycles. The highest BCUT2D eigenvalue weighted by Crippen LogP contribution is 2.36. The van der Waals surface area contributed by atoms with Crippen LogP contribution < -0.4 is 0 Å². The van der Waals surface area contributed by atoms with Gasteiger partial charge in [0.25, 0.3) is 0 Å². The fourth-order valence-electron chi connectivity index (χ4n) is 1.42. The van der Waals surface area contributed by atoms with E-state index in [2.05, 4.69) is 40.7 Å². The zero-order valence-corrected chi connectivity index (χ0v) is 8.14. The quantitative estimate of drug-likeness (QED) is 0.487. The van der Waals surface area contributed by atoms with Gasteiger partial charge in [0.05, 0.1) is 12.2 Å². The van der Waals surface area contributed by atoms with Crippen molar-refractivity contribution in [3.05, 3.63) is 11.6 Å². The molecule has 0 aromatic rings. The summed E-state index contributed by atoms with van der Waals surface area (Å²) in [7, 11) is 0. The minimum atomic E-state index is 0.215. The number of hydrogen-bond acceptors (Lipinski definition) is 1. The summed E-state index contributed by atoms with van der Waals surface area (Å²) in [5.74, 6) is 0. The summed E-state index contributed by atoms with van der Waals surface area (Å²) in [4.78, 5) is 0. The lowest BCUT2D eigenvalue weighted by atomic mass is 9.78. The van der Waals surface area contributed by atoms with E-state index in [0.717, 1.165) is 0 Å². The van der Waals surface area contributed by atoms with E-state index >= 15 is 0 Å². The molecule has 1 nitrogen and oxygen atoms in total. The SMILES string of the molecule is CC1=CC(C)OC(C)C1(C)C. The van der Waals surface area contributed by atoms with Gasteiger partial charge in [-0.15, -0.1) is 0 Å². The van der Waals surface area contributed by atoms with Crippen molar-refractivity contribution in [3.63, 3.8) is 0 Å². The smallest absolute Gasteiger partial charge is 0.0734 e. The van der Waals surface area contributed by atoms with Crippen molar-refractivity contribution in [2.45, 2.75) is 46.8 Å². The Bertz CT molecular complexity index is 179. The van der Waals surface area contributed by atoms with Crippen molar-refractivity contribution in [2.24, 2.45) is 5.41 Å². The molecule has 0 aromatic heterocycles. The van der Waals surface area contributed by atoms with E-state index in [1.807, 2.05) is 0 Å². The summed E-state index contributed by atoms with van der Waals surface area (Å²) in [6, 6.07) is 0. The van der Waals surface area contributed by atoms with Crippen molar-refractivity contribution < 1.29 is 4.74 Å². The first-order valence-corrected chi connectivity index (χ1v) is 4.29. The Labute approximate surface area is 69.4 Å². The normalized spacial score (nSPS) is 36.6. The third-order valence-electron chi connectivity index (χ3n) is 2.94. The standard InChI is InChI=1S/C10H18O/c1-7-6-8(2)11-9(3)10(7,4)5/h6,8-9H,1-5H3. The van der Waals surface area contributed by atoms with Gasteiger partial charge in [-0.05, 0) is 20.8 Å². The average Bonchev–Trinajstić information content (AvgIpc) is 1.84. The highest BCUT2D eigenvalue weighted by molar-refractivity contribution is 5.16. The van der Waals surface area contributed by atoms with Crippen LogP contribution in [0.25, 0.3) is 0 Å². The van der Waals surface area contributed by atoms with Crippen molar-refractivity contribution in [2.75, 3.05) is 0 Å². The number of rotatable bonds is 0. The molecular weight excluding hydrogens is 136 g/mol. The first-order chi connectivity index (χ1) is 4.94. The lowest BCUT2D eigenvalue weighted by Gasteiger charge is -2.38. The molecule has 0 N–H and O–H groups in total. The Morgan fingerprint density at radius 2 is 1.91 bits per heavy atom. The second kappa shape index (κ2) is 2.63. The molecule has 64 valence electrons. The van der Waals surface area contributed by atoms with E-state index in [-0.39, 0.29) is 11.5 Å². The Morgan fingerprint density at radius 1 is 1.36 bits per heavy atom. The predicted octanol–water partition coefficient (Wildman–Crippen LogP) is 2.77. The first kappa shape index (κ1) is 8.79. The van der Waals surface area contributed by atoms with Gasteiger partial charge in [0.1, 0.15) is 0 Å². The molecule has 0 fully saturated rings. The molecule has 2 atom stereocenters. The van der Waals surface area contributed by atoms with Gasteiger partial charge in [0, 0.05) is 5.41 Å². The molecule has 11 heavy (non-hydrogen) atoms. The van der Waals surface area contributed by atoms with Gasteiger partial charge in [-0.2, -0.15) is 0 Å². The van der Waals surface area contributed by atoms with Crippen LogP contribution in [0, 0.1) is 5.41 Å². The Hall–Kier alpha value is -0.300. The van der Waals surface area contributed by atoms with Crippen molar-refractivity contribution in [3.8, 4) is 0 Å². The predicted molar refractivity (Wildman–Crippen MR) is 47.5 cm³/mol. The maximum Gasteiger partial charge on any atom is 0.0734 e. The molecule has 0 aromatic carbocycles. The fourth-order valence-corrected chi connectivity index (χ4v) is 1.42. The van der Waals surface area contributed by atoms with Gasteiger partial charge in [0.2, 0.25) is 0 Å². The van der Waals surface area contributed by atoms with E-state index in [4.69, 9.17) is 4.74 Å². The third kappa shape index (κ3) is 1.48. The van der Waals surface area contributed by atoms with E-state index in [1.165, 1.54) is 5.57 Å². The lowest BCUT2D eigenvalue weighted by Crippen LogP contribution is -2.37. The van der Waals surface area contributed by atoms with Gasteiger partial charge in [-0.1, -0.05) is 25.5 Å². The summed E-state index contributed by atoms with van der Waals surface area (Å²) in [6.45, 7) is 10.9. The van der Waals surface area contributed by atoms with Gasteiger partial charge < -0.3 is 4.74 Å². The second-order valence-corrected chi connectivity index (χ2v) is 4.05. The van der Waals surface area contributed by atoms with Crippen LogP contribution in [0.15, 0.2) is 11.6 Å². The molecule has 0 bridgehead atoms. The number of ether oxygens (including phenoxy) is 1. The van der Waals surface area contributed by atoms with Crippen molar-refractivity contribution >= 4 is 0 Å². The molecule has 1 heterocycles. The topological polar surface area (TPSA) is 9.23 Å². The minimum Gasteiger partial charge on any atom is -0.371 e. The minimum absolute atomic E-state index is 0.215. The van der Waals surface area contributed by atoms with E-state index in [1.54, 1.807) is 0 Å². The molecule has 0 spiro atoms. The monoisotopic (exact) mass is 154 g/mol. The Morgan fingerprint density at radius 3 is 2.36 bits per heavy atom. The van der Waals surface area contributed by atoms with Crippen molar-refractivity contribution in [1.82, 2.24) is 0 Å². The van der Waals surface area contributed by atoms with Crippen LogP contribution in [-0.4, -0.2) is 12.2 Å². The zero-order chi connectivity index (χ0) is 8.65. The maximum atomic E-state index is 5.70. The van der Waals surface area contributed by atoms with Gasteiger partial charge >= 0.3 is 0 Å². The second-order valence-electron chi connectivity index (χ2n) is 4.05. The lowest BCUT2D eigenvalue weighted by molar-refractivity contribution is -0.0365. The molecular formula is C10H18O. The summed E-state index contributed by atoms with van der Waals surface area (Å²) in [6.07, 6.45) is 2.83. The maximum absolute atomic E-state index is 5.70. The average molecular weight is 154 g/mol. The van der Waals surface area contributed by atoms with Crippen LogP contribution >= 0.6 is 0 Å². The summed E-state index contributed by atoms with van der Waals surface area (Å²) in [5, 5.41) is 0. The Balaban J connectivity index is 2.90. The molecule has 0 saturated carbocycles. The molecule has 0 amide bonds.